The van der Waals surface area contributed by atoms with Gasteiger partial charge in [-0.05, 0) is 36.4 Å². The second-order valence-corrected chi connectivity index (χ2v) is 8.65. The summed E-state index contributed by atoms with van der Waals surface area (Å²) >= 11 is 0. The fourth-order valence-electron chi connectivity index (χ4n) is 2.32. The van der Waals surface area contributed by atoms with Gasteiger partial charge in [-0.25, -0.2) is 8.78 Å². The van der Waals surface area contributed by atoms with Crippen molar-refractivity contribution in [3.8, 4) is 0 Å². The lowest BCUT2D eigenvalue weighted by atomic mass is 10.3. The minimum Gasteiger partial charge on any atom is -0.207 e. The van der Waals surface area contributed by atoms with E-state index in [1.165, 1.54) is 12.1 Å². The first kappa shape index (κ1) is 15.1. The lowest BCUT2D eigenvalue weighted by Gasteiger charge is -2.34. The van der Waals surface area contributed by atoms with Crippen LogP contribution in [0.2, 0.25) is 0 Å². The number of hydrogen-bond acceptors (Lipinski definition) is 0. The van der Waals surface area contributed by atoms with Gasteiger partial charge in [0, 0.05) is 20.8 Å². The third-order valence-electron chi connectivity index (χ3n) is 3.30. The SMILES string of the molecule is Fc1cc(F)cc(S(Cl)(c2ccccc2)c2ccccc2)c1. The molecule has 4 heteroatoms. The highest BCUT2D eigenvalue weighted by molar-refractivity contribution is 8.51. The van der Waals surface area contributed by atoms with Crippen LogP contribution in [0.3, 0.4) is 0 Å². The van der Waals surface area contributed by atoms with E-state index in [1.54, 1.807) is 0 Å². The third kappa shape index (κ3) is 2.74. The van der Waals surface area contributed by atoms with E-state index in [-0.39, 0.29) is 0 Å². The molecule has 0 radical (unpaired) electrons. The summed E-state index contributed by atoms with van der Waals surface area (Å²) in [5.41, 5.74) is 0. The van der Waals surface area contributed by atoms with Gasteiger partial charge in [-0.2, -0.15) is 0 Å². The van der Waals surface area contributed by atoms with Gasteiger partial charge in [-0.15, -0.1) is 0 Å². The summed E-state index contributed by atoms with van der Waals surface area (Å²) in [6, 6.07) is 22.3. The van der Waals surface area contributed by atoms with Crippen molar-refractivity contribution in [3.63, 3.8) is 0 Å². The quantitative estimate of drug-likeness (QED) is 0.520. The Morgan fingerprint density at radius 2 is 1.00 bits per heavy atom. The van der Waals surface area contributed by atoms with Crippen LogP contribution in [-0.2, 0) is 0 Å². The zero-order chi connectivity index (χ0) is 15.6. The van der Waals surface area contributed by atoms with Crippen LogP contribution in [0.25, 0.3) is 0 Å². The van der Waals surface area contributed by atoms with Gasteiger partial charge in [-0.3, -0.25) is 0 Å². The van der Waals surface area contributed by atoms with Gasteiger partial charge >= 0.3 is 0 Å². The molecule has 0 aliphatic heterocycles. The molecule has 0 atom stereocenters. The van der Waals surface area contributed by atoms with Crippen molar-refractivity contribution in [3.05, 3.63) is 90.5 Å². The van der Waals surface area contributed by atoms with Gasteiger partial charge < -0.3 is 0 Å². The monoisotopic (exact) mass is 334 g/mol. The van der Waals surface area contributed by atoms with Crippen molar-refractivity contribution in [1.82, 2.24) is 0 Å². The summed E-state index contributed by atoms with van der Waals surface area (Å²) in [6.07, 6.45) is 0. The lowest BCUT2D eigenvalue weighted by Crippen LogP contribution is -1.98. The van der Waals surface area contributed by atoms with Gasteiger partial charge in [0.25, 0.3) is 0 Å². The molecule has 3 aromatic carbocycles. The predicted molar refractivity (Wildman–Crippen MR) is 87.5 cm³/mol. The number of benzene rings is 3. The summed E-state index contributed by atoms with van der Waals surface area (Å²) in [5, 5.41) is 0. The smallest absolute Gasteiger partial charge is 0.127 e. The van der Waals surface area contributed by atoms with Crippen LogP contribution in [0.4, 0.5) is 8.78 Å². The van der Waals surface area contributed by atoms with Gasteiger partial charge in [0.15, 0.2) is 0 Å². The van der Waals surface area contributed by atoms with Crippen LogP contribution in [0.1, 0.15) is 0 Å². The van der Waals surface area contributed by atoms with Crippen LogP contribution in [-0.4, -0.2) is 0 Å². The highest BCUT2D eigenvalue weighted by Gasteiger charge is 2.29. The zero-order valence-electron chi connectivity index (χ0n) is 11.5. The zero-order valence-corrected chi connectivity index (χ0v) is 13.1. The molecule has 0 bridgehead atoms. The molecule has 0 aliphatic rings. The van der Waals surface area contributed by atoms with Crippen LogP contribution in [0.15, 0.2) is 93.5 Å². The standard InChI is InChI=1S/C18H13ClF2S/c19-22(16-7-3-1-4-8-16,17-9-5-2-6-10-17)18-12-14(20)11-15(21)13-18/h1-13H. The Kier molecular flexibility index (Phi) is 4.19. The van der Waals surface area contributed by atoms with E-state index in [0.717, 1.165) is 15.9 Å². The second kappa shape index (κ2) is 6.11. The van der Waals surface area contributed by atoms with Crippen LogP contribution >= 0.6 is 19.9 Å². The average Bonchev–Trinajstić information content (AvgIpc) is 2.55. The largest absolute Gasteiger partial charge is 0.207 e. The Labute approximate surface area is 134 Å². The maximum Gasteiger partial charge on any atom is 0.127 e. The summed E-state index contributed by atoms with van der Waals surface area (Å²) in [7, 11) is 4.78. The Hall–Kier alpha value is -1.84. The maximum atomic E-state index is 13.7. The molecule has 3 rings (SSSR count). The molecule has 0 amide bonds. The molecule has 0 fully saturated rings. The van der Waals surface area contributed by atoms with E-state index in [2.05, 4.69) is 0 Å². The summed E-state index contributed by atoms with van der Waals surface area (Å²) in [4.78, 5) is 2.13. The topological polar surface area (TPSA) is 0 Å². The molecule has 0 unspecified atom stereocenters. The van der Waals surface area contributed by atoms with Crippen LogP contribution in [0.5, 0.6) is 0 Å². The fourth-order valence-corrected chi connectivity index (χ4v) is 5.63. The molecule has 3 aromatic rings. The average molecular weight is 335 g/mol. The van der Waals surface area contributed by atoms with Crippen LogP contribution < -0.4 is 0 Å². The van der Waals surface area contributed by atoms with E-state index in [4.69, 9.17) is 10.7 Å². The number of halogens is 3. The third-order valence-corrected chi connectivity index (χ3v) is 7.63. The molecular weight excluding hydrogens is 322 g/mol. The van der Waals surface area contributed by atoms with Crippen molar-refractivity contribution in [1.29, 1.82) is 0 Å². The molecule has 0 aromatic heterocycles. The molecule has 112 valence electrons. The molecule has 0 spiro atoms. The van der Waals surface area contributed by atoms with Crippen molar-refractivity contribution < 1.29 is 8.78 Å². The Morgan fingerprint density at radius 3 is 1.41 bits per heavy atom. The van der Waals surface area contributed by atoms with Gasteiger partial charge in [0.05, 0.1) is 0 Å². The number of rotatable bonds is 3. The fraction of sp³-hybridized carbons (Fsp3) is 0. The maximum absolute atomic E-state index is 13.7. The minimum absolute atomic E-state index is 0.448. The van der Waals surface area contributed by atoms with Crippen molar-refractivity contribution >= 4 is 19.9 Å². The Balaban J connectivity index is 2.28. The van der Waals surface area contributed by atoms with E-state index >= 15 is 0 Å². The van der Waals surface area contributed by atoms with Gasteiger partial charge in [-0.1, -0.05) is 56.3 Å². The van der Waals surface area contributed by atoms with E-state index < -0.39 is 20.9 Å². The summed E-state index contributed by atoms with van der Waals surface area (Å²) in [6.45, 7) is 0. The van der Waals surface area contributed by atoms with E-state index in [9.17, 15) is 8.78 Å². The van der Waals surface area contributed by atoms with Crippen LogP contribution in [0, 0.1) is 11.6 Å². The molecule has 0 N–H and O–H groups in total. The van der Waals surface area contributed by atoms with E-state index in [0.29, 0.717) is 4.90 Å². The van der Waals surface area contributed by atoms with Gasteiger partial charge in [0.1, 0.15) is 11.6 Å². The molecule has 0 saturated carbocycles. The van der Waals surface area contributed by atoms with Crippen molar-refractivity contribution in [2.45, 2.75) is 14.7 Å². The summed E-state index contributed by atoms with van der Waals surface area (Å²) < 4.78 is 27.4. The lowest BCUT2D eigenvalue weighted by molar-refractivity contribution is 0.577. The minimum atomic E-state index is -2.23. The molecule has 22 heavy (non-hydrogen) atoms. The normalized spacial score (nSPS) is 12.1. The Bertz CT molecular complexity index is 716. The highest BCUT2D eigenvalue weighted by Crippen LogP contribution is 2.72. The first-order chi connectivity index (χ1) is 10.6. The molecule has 0 saturated heterocycles. The van der Waals surface area contributed by atoms with Crippen molar-refractivity contribution in [2.24, 2.45) is 0 Å². The van der Waals surface area contributed by atoms with Gasteiger partial charge in [0.2, 0.25) is 0 Å². The highest BCUT2D eigenvalue weighted by atomic mass is 35.7. The first-order valence-corrected chi connectivity index (χ1v) is 9.16. The first-order valence-electron chi connectivity index (χ1n) is 6.70. The predicted octanol–water partition coefficient (Wildman–Crippen LogP) is 6.40. The van der Waals surface area contributed by atoms with E-state index in [1.807, 2.05) is 60.7 Å². The molecule has 0 nitrogen and oxygen atoms in total. The number of hydrogen-bond donors (Lipinski definition) is 0. The summed E-state index contributed by atoms with van der Waals surface area (Å²) in [5.74, 6) is -1.25. The molecule has 0 heterocycles. The second-order valence-electron chi connectivity index (χ2n) is 4.77. The molecule has 0 aliphatic carbocycles. The Morgan fingerprint density at radius 1 is 0.591 bits per heavy atom. The molecular formula is C18H13ClF2S. The van der Waals surface area contributed by atoms with Crippen molar-refractivity contribution in [2.75, 3.05) is 0 Å².